The monoisotopic (exact) mass is 255 g/mol. The van der Waals surface area contributed by atoms with Gasteiger partial charge in [0.1, 0.15) is 0 Å². The summed E-state index contributed by atoms with van der Waals surface area (Å²) in [5, 5.41) is 23.0. The van der Waals surface area contributed by atoms with Crippen LogP contribution in [0, 0.1) is 11.8 Å². The summed E-state index contributed by atoms with van der Waals surface area (Å²) in [6, 6.07) is 0. The fourth-order valence-corrected chi connectivity index (χ4v) is 4.13. The minimum Gasteiger partial charge on any atom is -0.396 e. The highest BCUT2D eigenvalue weighted by molar-refractivity contribution is 5.79. The molecule has 5 aliphatic rings. The molecule has 5 rings (SSSR count). The Balaban J connectivity index is 1.78. The van der Waals surface area contributed by atoms with Gasteiger partial charge in [0.2, 0.25) is 0 Å². The summed E-state index contributed by atoms with van der Waals surface area (Å²) in [4.78, 5) is 4.22. The molecule has 0 aromatic rings. The Morgan fingerprint density at radius 2 is 2.33 bits per heavy atom. The van der Waals surface area contributed by atoms with Crippen molar-refractivity contribution in [3.8, 4) is 0 Å². The van der Waals surface area contributed by atoms with Crippen LogP contribution in [0.15, 0.2) is 4.99 Å². The van der Waals surface area contributed by atoms with Gasteiger partial charge in [-0.3, -0.25) is 4.99 Å². The van der Waals surface area contributed by atoms with Crippen LogP contribution in [0.5, 0.6) is 0 Å². The number of nitrogens with zero attached hydrogens (tertiary/aromatic N) is 1. The molecule has 1 aliphatic carbocycles. The number of ether oxygens (including phenoxy) is 2. The maximum absolute atomic E-state index is 10.3. The smallest absolute Gasteiger partial charge is 0.283 e. The maximum atomic E-state index is 10.3. The number of nitrogens with one attached hydrogen (secondary N) is 1. The van der Waals surface area contributed by atoms with Gasteiger partial charge in [0.25, 0.3) is 5.97 Å². The second-order valence-corrected chi connectivity index (χ2v) is 5.79. The van der Waals surface area contributed by atoms with Crippen LogP contribution >= 0.6 is 0 Å². The van der Waals surface area contributed by atoms with Crippen LogP contribution in [0.25, 0.3) is 0 Å². The molecule has 5 N–H and O–H groups in total. The molecule has 4 bridgehead atoms. The fourth-order valence-electron chi connectivity index (χ4n) is 4.13. The molecule has 100 valence electrons. The standard InChI is InChI=1S/C11H17N3O4/c12-9-13-2-6-8-5(3-15)7-1-10(6,14-9)4-11(16,17-7)18-8/h5-8,15-16H,1-4H2,(H3,12,13,14)/t5-,6-,7+,8-,10?,11+/m0/s1. The zero-order valence-electron chi connectivity index (χ0n) is 9.87. The van der Waals surface area contributed by atoms with Crippen LogP contribution in [0.1, 0.15) is 12.8 Å². The molecule has 0 amide bonds. The number of hydrogen-bond donors (Lipinski definition) is 4. The molecule has 4 aliphatic heterocycles. The van der Waals surface area contributed by atoms with E-state index in [0.717, 1.165) is 6.42 Å². The molecule has 4 heterocycles. The topological polar surface area (TPSA) is 109 Å². The molecular weight excluding hydrogens is 238 g/mol. The van der Waals surface area contributed by atoms with Crippen LogP contribution in [0.4, 0.5) is 0 Å². The fraction of sp³-hybridized carbons (Fsp3) is 0.909. The summed E-state index contributed by atoms with van der Waals surface area (Å²) in [5.74, 6) is -1.10. The van der Waals surface area contributed by atoms with E-state index in [2.05, 4.69) is 10.3 Å². The number of aliphatic imine (C=N–C) groups is 1. The van der Waals surface area contributed by atoms with E-state index in [1.807, 2.05) is 0 Å². The Kier molecular flexibility index (Phi) is 1.93. The van der Waals surface area contributed by atoms with Crippen molar-refractivity contribution in [3.05, 3.63) is 0 Å². The molecule has 1 spiro atoms. The predicted octanol–water partition coefficient (Wildman–Crippen LogP) is -1.89. The van der Waals surface area contributed by atoms with Crippen LogP contribution in [0.3, 0.4) is 0 Å². The summed E-state index contributed by atoms with van der Waals surface area (Å²) in [7, 11) is 0. The molecule has 6 atom stereocenters. The van der Waals surface area contributed by atoms with Crippen molar-refractivity contribution in [3.63, 3.8) is 0 Å². The van der Waals surface area contributed by atoms with Crippen LogP contribution < -0.4 is 11.1 Å². The molecule has 0 aromatic heterocycles. The number of hydrogen-bond acceptors (Lipinski definition) is 7. The Bertz CT molecular complexity index is 431. The first-order valence-electron chi connectivity index (χ1n) is 6.32. The Morgan fingerprint density at radius 1 is 1.50 bits per heavy atom. The first-order chi connectivity index (χ1) is 8.55. The van der Waals surface area contributed by atoms with Gasteiger partial charge in [0.15, 0.2) is 5.96 Å². The lowest BCUT2D eigenvalue weighted by atomic mass is 9.60. The normalized spacial score (nSPS) is 56.9. The highest BCUT2D eigenvalue weighted by Gasteiger charge is 2.68. The number of guanidine groups is 1. The van der Waals surface area contributed by atoms with Gasteiger partial charge in [-0.25, -0.2) is 0 Å². The summed E-state index contributed by atoms with van der Waals surface area (Å²) in [6.07, 6.45) is 0.653. The molecule has 0 radical (unpaired) electrons. The summed E-state index contributed by atoms with van der Waals surface area (Å²) in [5.41, 5.74) is 5.46. The van der Waals surface area contributed by atoms with Gasteiger partial charge >= 0.3 is 0 Å². The molecule has 18 heavy (non-hydrogen) atoms. The van der Waals surface area contributed by atoms with Crippen molar-refractivity contribution in [2.24, 2.45) is 22.6 Å². The third-order valence-electron chi connectivity index (χ3n) is 4.81. The van der Waals surface area contributed by atoms with Crippen LogP contribution in [0.2, 0.25) is 0 Å². The van der Waals surface area contributed by atoms with Crippen molar-refractivity contribution in [2.75, 3.05) is 13.2 Å². The average Bonchev–Trinajstić information content (AvgIpc) is 2.25. The van der Waals surface area contributed by atoms with E-state index >= 15 is 0 Å². The van der Waals surface area contributed by atoms with Crippen molar-refractivity contribution in [2.45, 2.75) is 36.6 Å². The minimum absolute atomic E-state index is 0.00279. The number of aliphatic hydroxyl groups excluding tert-OH is 1. The minimum atomic E-state index is -1.54. The van der Waals surface area contributed by atoms with Crippen LogP contribution in [-0.4, -0.2) is 53.0 Å². The van der Waals surface area contributed by atoms with E-state index in [4.69, 9.17) is 15.2 Å². The van der Waals surface area contributed by atoms with E-state index in [-0.39, 0.29) is 36.2 Å². The van der Waals surface area contributed by atoms with Gasteiger partial charge in [-0.2, -0.15) is 0 Å². The molecule has 3 saturated heterocycles. The van der Waals surface area contributed by atoms with E-state index in [9.17, 15) is 10.2 Å². The van der Waals surface area contributed by atoms with E-state index < -0.39 is 5.97 Å². The maximum Gasteiger partial charge on any atom is 0.283 e. The predicted molar refractivity (Wildman–Crippen MR) is 60.4 cm³/mol. The van der Waals surface area contributed by atoms with Gasteiger partial charge in [-0.15, -0.1) is 0 Å². The lowest BCUT2D eigenvalue weighted by Gasteiger charge is -2.65. The lowest BCUT2D eigenvalue weighted by Crippen LogP contribution is -2.79. The van der Waals surface area contributed by atoms with Gasteiger partial charge in [-0.05, 0) is 6.42 Å². The number of aliphatic hydroxyl groups is 2. The molecule has 7 nitrogen and oxygen atoms in total. The van der Waals surface area contributed by atoms with Crippen molar-refractivity contribution in [1.29, 1.82) is 0 Å². The third-order valence-corrected chi connectivity index (χ3v) is 4.81. The number of nitrogens with two attached hydrogens (primary N) is 1. The Morgan fingerprint density at radius 3 is 3.11 bits per heavy atom. The van der Waals surface area contributed by atoms with Crippen molar-refractivity contribution in [1.82, 2.24) is 5.32 Å². The van der Waals surface area contributed by atoms with Gasteiger partial charge in [0.05, 0.1) is 37.3 Å². The van der Waals surface area contributed by atoms with E-state index in [1.54, 1.807) is 0 Å². The summed E-state index contributed by atoms with van der Waals surface area (Å²) in [6.45, 7) is 0.569. The lowest BCUT2D eigenvalue weighted by molar-refractivity contribution is -0.484. The van der Waals surface area contributed by atoms with Crippen LogP contribution in [-0.2, 0) is 9.47 Å². The van der Waals surface area contributed by atoms with Gasteiger partial charge in [0, 0.05) is 11.8 Å². The van der Waals surface area contributed by atoms with Crippen molar-refractivity contribution < 1.29 is 19.7 Å². The molecule has 1 saturated carbocycles. The summed E-state index contributed by atoms with van der Waals surface area (Å²) < 4.78 is 11.2. The Hall–Kier alpha value is -0.890. The first kappa shape index (κ1) is 11.0. The quantitative estimate of drug-likeness (QED) is 0.436. The Labute approximate surface area is 104 Å². The second-order valence-electron chi connectivity index (χ2n) is 5.79. The van der Waals surface area contributed by atoms with E-state index in [0.29, 0.717) is 18.9 Å². The average molecular weight is 255 g/mol. The highest BCUT2D eigenvalue weighted by Crippen LogP contribution is 2.55. The molecule has 0 aromatic carbocycles. The zero-order chi connectivity index (χ0) is 12.5. The van der Waals surface area contributed by atoms with Gasteiger partial charge < -0.3 is 30.7 Å². The largest absolute Gasteiger partial charge is 0.396 e. The third kappa shape index (κ3) is 1.20. The van der Waals surface area contributed by atoms with Gasteiger partial charge in [-0.1, -0.05) is 0 Å². The second kappa shape index (κ2) is 3.16. The molecular formula is C11H17N3O4. The molecule has 7 heteroatoms. The number of rotatable bonds is 1. The van der Waals surface area contributed by atoms with Crippen molar-refractivity contribution >= 4 is 5.96 Å². The zero-order valence-corrected chi connectivity index (χ0v) is 9.87. The summed E-state index contributed by atoms with van der Waals surface area (Å²) >= 11 is 0. The molecule has 4 fully saturated rings. The van der Waals surface area contributed by atoms with E-state index in [1.165, 1.54) is 0 Å². The SMILES string of the molecule is NC1=NC[C@H]2[C@H]3O[C@@]4(O)CC2(C[C@@H](O4)[C@@H]3CO)N1. The highest BCUT2D eigenvalue weighted by atomic mass is 16.8. The molecule has 1 unspecified atom stereocenters. The first-order valence-corrected chi connectivity index (χ1v) is 6.32.